The van der Waals surface area contributed by atoms with Crippen LogP contribution in [0.3, 0.4) is 0 Å². The lowest BCUT2D eigenvalue weighted by molar-refractivity contribution is -0.146. The van der Waals surface area contributed by atoms with Crippen molar-refractivity contribution in [2.24, 2.45) is 0 Å². The van der Waals surface area contributed by atoms with Gasteiger partial charge in [-0.15, -0.1) is 0 Å². The summed E-state index contributed by atoms with van der Waals surface area (Å²) in [5.41, 5.74) is 1.81. The molecule has 2 aliphatic heterocycles. The number of carbonyl (C=O) groups is 3. The van der Waals surface area contributed by atoms with E-state index >= 15 is 0 Å². The van der Waals surface area contributed by atoms with E-state index in [0.29, 0.717) is 24.3 Å². The van der Waals surface area contributed by atoms with Gasteiger partial charge >= 0.3 is 6.03 Å². The van der Waals surface area contributed by atoms with E-state index in [2.05, 4.69) is 16.0 Å². The molecule has 0 spiro atoms. The van der Waals surface area contributed by atoms with Crippen LogP contribution in [0, 0.1) is 5.82 Å². The molecule has 0 unspecified atom stereocenters. The maximum atomic E-state index is 13.3. The van der Waals surface area contributed by atoms with Crippen molar-refractivity contribution < 1.29 is 18.8 Å². The van der Waals surface area contributed by atoms with Gasteiger partial charge in [-0.1, -0.05) is 42.5 Å². The van der Waals surface area contributed by atoms with Crippen LogP contribution in [0.2, 0.25) is 0 Å². The number of carbonyl (C=O) groups excluding carboxylic acids is 3. The first-order chi connectivity index (χ1) is 15.5. The van der Waals surface area contributed by atoms with Gasteiger partial charge in [0.05, 0.1) is 6.04 Å². The number of fused-ring (bicyclic) bond motifs is 1. The fourth-order valence-electron chi connectivity index (χ4n) is 4.01. The van der Waals surface area contributed by atoms with Crippen LogP contribution in [-0.2, 0) is 21.9 Å². The Balaban J connectivity index is 1.26. The number of hydrogen-bond donors (Lipinski definition) is 3. The van der Waals surface area contributed by atoms with Crippen molar-refractivity contribution in [2.75, 3.05) is 12.3 Å². The Labute approximate surface area is 190 Å². The van der Waals surface area contributed by atoms with Crippen molar-refractivity contribution in [1.29, 1.82) is 0 Å². The summed E-state index contributed by atoms with van der Waals surface area (Å²) in [6, 6.07) is 14.1. The van der Waals surface area contributed by atoms with Crippen molar-refractivity contribution in [3.05, 3.63) is 71.5 Å². The Morgan fingerprint density at radius 1 is 1.12 bits per heavy atom. The summed E-state index contributed by atoms with van der Waals surface area (Å²) in [7, 11) is 0. The van der Waals surface area contributed by atoms with E-state index in [9.17, 15) is 18.8 Å². The second-order valence-electron chi connectivity index (χ2n) is 7.96. The Kier molecular flexibility index (Phi) is 6.94. The standard InChI is InChI=1S/C23H25FN4O3S/c24-17-8-4-7-16(9-17)11-25-23(31)26-18-10-20-21(29)27-19(22(30)28(20)12-18)14-32-13-15-5-2-1-3-6-15/h1-9,18-20H,10-14H2,(H,27,29)(H2,25,26,31)/t18-,19-,20-/m0/s1. The molecule has 0 aromatic heterocycles. The molecule has 3 atom stereocenters. The molecule has 2 saturated heterocycles. The third-order valence-corrected chi connectivity index (χ3v) is 6.68. The molecule has 4 amide bonds. The third-order valence-electron chi connectivity index (χ3n) is 5.57. The predicted molar refractivity (Wildman–Crippen MR) is 120 cm³/mol. The van der Waals surface area contributed by atoms with Gasteiger partial charge < -0.3 is 20.9 Å². The maximum Gasteiger partial charge on any atom is 0.315 e. The lowest BCUT2D eigenvalue weighted by Crippen LogP contribution is -2.61. The number of amides is 4. The summed E-state index contributed by atoms with van der Waals surface area (Å²) in [5.74, 6) is 0.603. The van der Waals surface area contributed by atoms with Crippen LogP contribution in [-0.4, -0.2) is 53.2 Å². The minimum absolute atomic E-state index is 0.111. The fourth-order valence-corrected chi connectivity index (χ4v) is 5.02. The second-order valence-corrected chi connectivity index (χ2v) is 8.99. The van der Waals surface area contributed by atoms with Crippen molar-refractivity contribution in [2.45, 2.75) is 36.8 Å². The van der Waals surface area contributed by atoms with Crippen molar-refractivity contribution >= 4 is 29.6 Å². The molecule has 0 aliphatic carbocycles. The fraction of sp³-hybridized carbons (Fsp3) is 0.348. The van der Waals surface area contributed by atoms with Gasteiger partial charge in [-0.05, 0) is 29.7 Å². The van der Waals surface area contributed by atoms with E-state index in [4.69, 9.17) is 0 Å². The molecule has 0 saturated carbocycles. The molecular formula is C23H25FN4O3S. The van der Waals surface area contributed by atoms with Crippen molar-refractivity contribution in [1.82, 2.24) is 20.9 Å². The van der Waals surface area contributed by atoms with E-state index < -0.39 is 18.1 Å². The Morgan fingerprint density at radius 3 is 2.69 bits per heavy atom. The SMILES string of the molecule is O=C(NCc1cccc(F)c1)N[C@H]1C[C@H]2C(=O)N[C@@H](CSCc3ccccc3)C(=O)N2C1. The molecule has 3 N–H and O–H groups in total. The monoisotopic (exact) mass is 456 g/mol. The summed E-state index contributed by atoms with van der Waals surface area (Å²) in [5, 5.41) is 8.34. The Bertz CT molecular complexity index is 990. The number of nitrogens with zero attached hydrogens (tertiary/aromatic N) is 1. The first kappa shape index (κ1) is 22.1. The van der Waals surface area contributed by atoms with E-state index in [1.165, 1.54) is 17.7 Å². The maximum absolute atomic E-state index is 13.3. The van der Waals surface area contributed by atoms with E-state index in [1.54, 1.807) is 28.8 Å². The summed E-state index contributed by atoms with van der Waals surface area (Å²) in [6.07, 6.45) is 0.370. The minimum Gasteiger partial charge on any atom is -0.342 e. The van der Waals surface area contributed by atoms with Crippen LogP contribution >= 0.6 is 11.8 Å². The summed E-state index contributed by atoms with van der Waals surface area (Å²) in [4.78, 5) is 39.3. The molecule has 9 heteroatoms. The number of benzene rings is 2. The van der Waals surface area contributed by atoms with E-state index in [1.807, 2.05) is 30.3 Å². The zero-order valence-corrected chi connectivity index (χ0v) is 18.2. The van der Waals surface area contributed by atoms with Gasteiger partial charge in [0.15, 0.2) is 0 Å². The number of thioether (sulfide) groups is 1. The van der Waals surface area contributed by atoms with Gasteiger partial charge in [-0.2, -0.15) is 11.8 Å². The van der Waals surface area contributed by atoms with Crippen LogP contribution in [0.5, 0.6) is 0 Å². The number of urea groups is 1. The number of hydrogen-bond acceptors (Lipinski definition) is 4. The van der Waals surface area contributed by atoms with Gasteiger partial charge in [0.2, 0.25) is 11.8 Å². The third kappa shape index (κ3) is 5.40. The van der Waals surface area contributed by atoms with Gasteiger partial charge in [0.1, 0.15) is 17.9 Å². The number of nitrogens with one attached hydrogen (secondary N) is 3. The Hall–Kier alpha value is -3.07. The molecule has 7 nitrogen and oxygen atoms in total. The van der Waals surface area contributed by atoms with Gasteiger partial charge in [-0.25, -0.2) is 9.18 Å². The molecule has 0 bridgehead atoms. The first-order valence-electron chi connectivity index (χ1n) is 10.5. The average molecular weight is 457 g/mol. The van der Waals surface area contributed by atoms with E-state index in [0.717, 1.165) is 5.75 Å². The van der Waals surface area contributed by atoms with Gasteiger partial charge in [-0.3, -0.25) is 9.59 Å². The van der Waals surface area contributed by atoms with Crippen molar-refractivity contribution in [3.8, 4) is 0 Å². The minimum atomic E-state index is -0.564. The lowest BCUT2D eigenvalue weighted by atomic mass is 10.1. The lowest BCUT2D eigenvalue weighted by Gasteiger charge is -2.34. The van der Waals surface area contributed by atoms with Crippen LogP contribution in [0.1, 0.15) is 17.5 Å². The second kappa shape index (κ2) is 10.0. The molecule has 2 aliphatic rings. The normalized spacial score (nSPS) is 22.3. The topological polar surface area (TPSA) is 90.5 Å². The Morgan fingerprint density at radius 2 is 1.91 bits per heavy atom. The highest BCUT2D eigenvalue weighted by molar-refractivity contribution is 7.98. The quantitative estimate of drug-likeness (QED) is 0.595. The molecule has 4 rings (SSSR count). The first-order valence-corrected chi connectivity index (χ1v) is 11.7. The molecule has 32 heavy (non-hydrogen) atoms. The van der Waals surface area contributed by atoms with Gasteiger partial charge in [0.25, 0.3) is 0 Å². The molecule has 2 aromatic carbocycles. The van der Waals surface area contributed by atoms with Crippen LogP contribution in [0.25, 0.3) is 0 Å². The highest BCUT2D eigenvalue weighted by atomic mass is 32.2. The summed E-state index contributed by atoms with van der Waals surface area (Å²) in [6.45, 7) is 0.480. The molecule has 2 aromatic rings. The summed E-state index contributed by atoms with van der Waals surface area (Å²) < 4.78 is 13.3. The molecule has 2 heterocycles. The van der Waals surface area contributed by atoms with Gasteiger partial charge in [0, 0.05) is 24.6 Å². The number of halogens is 1. The largest absolute Gasteiger partial charge is 0.342 e. The smallest absolute Gasteiger partial charge is 0.315 e. The molecular weight excluding hydrogens is 431 g/mol. The highest BCUT2D eigenvalue weighted by Crippen LogP contribution is 2.24. The molecule has 2 fully saturated rings. The number of rotatable bonds is 7. The zero-order valence-electron chi connectivity index (χ0n) is 17.4. The predicted octanol–water partition coefficient (Wildman–Crippen LogP) is 2.03. The molecule has 0 radical (unpaired) electrons. The zero-order chi connectivity index (χ0) is 22.5. The average Bonchev–Trinajstić information content (AvgIpc) is 3.21. The van der Waals surface area contributed by atoms with Crippen molar-refractivity contribution in [3.63, 3.8) is 0 Å². The molecule has 168 valence electrons. The number of piperazine rings is 1. The van der Waals surface area contributed by atoms with E-state index in [-0.39, 0.29) is 30.2 Å². The highest BCUT2D eigenvalue weighted by Gasteiger charge is 2.46. The van der Waals surface area contributed by atoms with Crippen LogP contribution in [0.4, 0.5) is 9.18 Å². The van der Waals surface area contributed by atoms with Crippen LogP contribution in [0.15, 0.2) is 54.6 Å². The van der Waals surface area contributed by atoms with Crippen LogP contribution < -0.4 is 16.0 Å². The summed E-state index contributed by atoms with van der Waals surface area (Å²) >= 11 is 1.60.